The van der Waals surface area contributed by atoms with Crippen LogP contribution < -0.4 is 4.57 Å². The molecule has 0 saturated carbocycles. The van der Waals surface area contributed by atoms with Crippen LogP contribution >= 0.6 is 0 Å². The van der Waals surface area contributed by atoms with Crippen LogP contribution in [0.15, 0.2) is 36.5 Å². The number of aliphatic hydroxyl groups is 1. The van der Waals surface area contributed by atoms with E-state index in [0.29, 0.717) is 0 Å². The van der Waals surface area contributed by atoms with Crippen molar-refractivity contribution in [1.82, 2.24) is 19.4 Å². The van der Waals surface area contributed by atoms with Gasteiger partial charge in [-0.15, -0.1) is 0 Å². The third-order valence-electron chi connectivity index (χ3n) is 6.38. The summed E-state index contributed by atoms with van der Waals surface area (Å²) in [7, 11) is 0. The number of nitrogens with zero attached hydrogens (tertiary/aromatic N) is 5. The zero-order valence-electron chi connectivity index (χ0n) is 18.2. The fourth-order valence-corrected chi connectivity index (χ4v) is 4.82. The van der Waals surface area contributed by atoms with E-state index in [2.05, 4.69) is 5.10 Å². The molecule has 2 unspecified atom stereocenters. The summed E-state index contributed by atoms with van der Waals surface area (Å²) >= 11 is 0. The summed E-state index contributed by atoms with van der Waals surface area (Å²) in [5.74, 6) is -1.59. The zero-order valence-corrected chi connectivity index (χ0v) is 18.2. The second kappa shape index (κ2) is 7.23. The van der Waals surface area contributed by atoms with Crippen LogP contribution in [0.2, 0.25) is 0 Å². The first-order valence-corrected chi connectivity index (χ1v) is 10.5. The number of alkyl halides is 3. The maximum absolute atomic E-state index is 14.3. The molecule has 0 aliphatic carbocycles. The topological polar surface area (TPSA) is 82.0 Å². The van der Waals surface area contributed by atoms with Gasteiger partial charge in [-0.3, -0.25) is 14.5 Å². The SMILES string of the molecule is CC(O)C(=O)N1CCN2C(=O)c3cn4nc(-c5ccc(F)cc5)cc(C(F)(F)F)c4[n+]3C2(C)C1. The smallest absolute Gasteiger partial charge is 0.384 e. The molecule has 3 aromatic rings. The third kappa shape index (κ3) is 3.16. The van der Waals surface area contributed by atoms with Crippen molar-refractivity contribution in [1.29, 1.82) is 0 Å². The number of carbonyl (C=O) groups is 2. The number of fused-ring (bicyclic) bond motifs is 5. The normalized spacial score (nSPS) is 21.1. The van der Waals surface area contributed by atoms with Crippen molar-refractivity contribution < 1.29 is 36.8 Å². The van der Waals surface area contributed by atoms with Crippen LogP contribution in [0.4, 0.5) is 17.6 Å². The van der Waals surface area contributed by atoms with E-state index >= 15 is 0 Å². The molecule has 1 saturated heterocycles. The van der Waals surface area contributed by atoms with Gasteiger partial charge < -0.3 is 10.0 Å². The van der Waals surface area contributed by atoms with Gasteiger partial charge >= 0.3 is 17.7 Å². The number of hydrogen-bond donors (Lipinski definition) is 1. The molecule has 1 N–H and O–H groups in total. The average Bonchev–Trinajstić information content (AvgIpc) is 3.26. The molecule has 5 rings (SSSR count). The first-order valence-electron chi connectivity index (χ1n) is 10.5. The molecule has 8 nitrogen and oxygen atoms in total. The molecule has 12 heteroatoms. The Morgan fingerprint density at radius 2 is 1.91 bits per heavy atom. The summed E-state index contributed by atoms with van der Waals surface area (Å²) in [6.45, 7) is 3.05. The summed E-state index contributed by atoms with van der Waals surface area (Å²) in [4.78, 5) is 28.3. The van der Waals surface area contributed by atoms with Crippen LogP contribution in [0.5, 0.6) is 0 Å². The van der Waals surface area contributed by atoms with Gasteiger partial charge in [0.25, 0.3) is 5.91 Å². The molecular weight excluding hydrogens is 458 g/mol. The molecule has 1 aromatic carbocycles. The fourth-order valence-electron chi connectivity index (χ4n) is 4.82. The van der Waals surface area contributed by atoms with Crippen LogP contribution in [-0.4, -0.2) is 62.1 Å². The van der Waals surface area contributed by atoms with Gasteiger partial charge in [-0.1, -0.05) is 9.61 Å². The number of hydrogen-bond acceptors (Lipinski definition) is 4. The van der Waals surface area contributed by atoms with Gasteiger partial charge in [-0.05, 0) is 37.3 Å². The van der Waals surface area contributed by atoms with E-state index in [1.54, 1.807) is 6.92 Å². The quantitative estimate of drug-likeness (QED) is 0.450. The Balaban J connectivity index is 1.73. The summed E-state index contributed by atoms with van der Waals surface area (Å²) in [5.41, 5.74) is -2.45. The number of carbonyl (C=O) groups excluding carboxylic acids is 2. The molecule has 2 aliphatic rings. The monoisotopic (exact) mass is 478 g/mol. The molecule has 34 heavy (non-hydrogen) atoms. The Kier molecular flexibility index (Phi) is 4.73. The molecule has 178 valence electrons. The van der Waals surface area contributed by atoms with Crippen molar-refractivity contribution in [3.63, 3.8) is 0 Å². The van der Waals surface area contributed by atoms with Gasteiger partial charge in [0.2, 0.25) is 11.4 Å². The lowest BCUT2D eigenvalue weighted by Gasteiger charge is -2.42. The minimum Gasteiger partial charge on any atom is -0.384 e. The lowest BCUT2D eigenvalue weighted by molar-refractivity contribution is -0.749. The van der Waals surface area contributed by atoms with Crippen molar-refractivity contribution in [2.24, 2.45) is 0 Å². The molecule has 0 bridgehead atoms. The Labute approximate surface area is 190 Å². The number of aromatic nitrogens is 3. The van der Waals surface area contributed by atoms with Crippen LogP contribution in [0.25, 0.3) is 16.9 Å². The van der Waals surface area contributed by atoms with Crippen molar-refractivity contribution in [3.8, 4) is 11.3 Å². The highest BCUT2D eigenvalue weighted by Crippen LogP contribution is 2.37. The second-order valence-corrected chi connectivity index (χ2v) is 8.68. The van der Waals surface area contributed by atoms with E-state index in [-0.39, 0.29) is 42.2 Å². The third-order valence-corrected chi connectivity index (χ3v) is 6.38. The van der Waals surface area contributed by atoms with E-state index in [4.69, 9.17) is 0 Å². The van der Waals surface area contributed by atoms with Gasteiger partial charge in [-0.25, -0.2) is 4.39 Å². The molecule has 4 heterocycles. The van der Waals surface area contributed by atoms with E-state index in [9.17, 15) is 32.3 Å². The van der Waals surface area contributed by atoms with Crippen molar-refractivity contribution in [2.75, 3.05) is 19.6 Å². The van der Waals surface area contributed by atoms with Gasteiger partial charge in [-0.2, -0.15) is 17.7 Å². The predicted molar refractivity (Wildman–Crippen MR) is 109 cm³/mol. The molecule has 2 aromatic heterocycles. The minimum absolute atomic E-state index is 0.00287. The van der Waals surface area contributed by atoms with Crippen molar-refractivity contribution in [2.45, 2.75) is 31.8 Å². The van der Waals surface area contributed by atoms with Crippen LogP contribution in [0, 0.1) is 5.82 Å². The summed E-state index contributed by atoms with van der Waals surface area (Å²) in [5, 5.41) is 14.0. The number of piperazine rings is 1. The molecule has 0 spiro atoms. The zero-order chi connectivity index (χ0) is 24.6. The highest BCUT2D eigenvalue weighted by atomic mass is 19.4. The second-order valence-electron chi connectivity index (χ2n) is 8.68. The van der Waals surface area contributed by atoms with Gasteiger partial charge in [0.15, 0.2) is 6.20 Å². The maximum atomic E-state index is 14.3. The van der Waals surface area contributed by atoms with E-state index in [1.807, 2.05) is 0 Å². The Hall–Kier alpha value is -3.54. The van der Waals surface area contributed by atoms with E-state index in [1.165, 1.54) is 39.6 Å². The lowest BCUT2D eigenvalue weighted by atomic mass is 10.1. The van der Waals surface area contributed by atoms with Crippen LogP contribution in [-0.2, 0) is 16.6 Å². The lowest BCUT2D eigenvalue weighted by Crippen LogP contribution is -2.69. The van der Waals surface area contributed by atoms with Crippen molar-refractivity contribution in [3.05, 3.63) is 53.6 Å². The summed E-state index contributed by atoms with van der Waals surface area (Å²) in [6, 6.07) is 5.76. The number of benzene rings is 1. The largest absolute Gasteiger partial charge is 0.424 e. The van der Waals surface area contributed by atoms with Gasteiger partial charge in [0, 0.05) is 25.6 Å². The fraction of sp³-hybridized carbons (Fsp3) is 0.364. The average molecular weight is 478 g/mol. The molecule has 0 radical (unpaired) electrons. The number of amides is 2. The van der Waals surface area contributed by atoms with Gasteiger partial charge in [0.1, 0.15) is 23.2 Å². The predicted octanol–water partition coefficient (Wildman–Crippen LogP) is 1.80. The Bertz CT molecular complexity index is 1340. The number of aliphatic hydroxyl groups excluding tert-OH is 1. The number of halogens is 4. The van der Waals surface area contributed by atoms with E-state index < -0.39 is 41.1 Å². The van der Waals surface area contributed by atoms with Gasteiger partial charge in [0.05, 0.1) is 6.54 Å². The Morgan fingerprint density at radius 3 is 2.53 bits per heavy atom. The molecule has 2 atom stereocenters. The van der Waals surface area contributed by atoms with Crippen molar-refractivity contribution >= 4 is 17.5 Å². The van der Waals surface area contributed by atoms with Crippen LogP contribution in [0.3, 0.4) is 0 Å². The highest BCUT2D eigenvalue weighted by Gasteiger charge is 2.58. The molecular formula is C22H20F4N5O3+. The first-order chi connectivity index (χ1) is 15.9. The first kappa shape index (κ1) is 22.3. The summed E-state index contributed by atoms with van der Waals surface area (Å²) < 4.78 is 58.4. The minimum atomic E-state index is -4.80. The summed E-state index contributed by atoms with van der Waals surface area (Å²) in [6.07, 6.45) is -4.84. The van der Waals surface area contributed by atoms with E-state index in [0.717, 1.165) is 22.7 Å². The highest BCUT2D eigenvalue weighted by molar-refractivity contribution is 5.93. The number of imidazole rings is 1. The molecule has 2 amide bonds. The Morgan fingerprint density at radius 1 is 1.24 bits per heavy atom. The number of rotatable bonds is 2. The maximum Gasteiger partial charge on any atom is 0.424 e. The molecule has 1 fully saturated rings. The molecule has 2 aliphatic heterocycles. The standard InChI is InChI=1S/C22H20F4N5O3/c1-12(32)19(33)28-7-8-29-20(34)17-10-30-18(31(17)21(29,2)11-28)15(22(24,25)26)9-16(27-30)13-3-5-14(23)6-4-13/h3-6,9-10,12,32H,7-8,11H2,1-2H3/q+1. The van der Waals surface area contributed by atoms with Crippen LogP contribution in [0.1, 0.15) is 29.9 Å².